The first-order chi connectivity index (χ1) is 7.31. The van der Waals surface area contributed by atoms with Crippen LogP contribution in [0.5, 0.6) is 0 Å². The van der Waals surface area contributed by atoms with Gasteiger partial charge in [0, 0.05) is 12.4 Å². The zero-order chi connectivity index (χ0) is 10.7. The SMILES string of the molecule is CC[C@@H](O)c1ccc(-n2cccn2)cc1. The third-order valence-electron chi connectivity index (χ3n) is 2.43. The lowest BCUT2D eigenvalue weighted by molar-refractivity contribution is 0.173. The second-order valence-electron chi connectivity index (χ2n) is 3.47. The van der Waals surface area contributed by atoms with Gasteiger partial charge in [-0.25, -0.2) is 4.68 Å². The molecule has 1 atom stereocenters. The van der Waals surface area contributed by atoms with Crippen LogP contribution in [0.4, 0.5) is 0 Å². The molecule has 0 saturated carbocycles. The third-order valence-corrected chi connectivity index (χ3v) is 2.43. The monoisotopic (exact) mass is 202 g/mol. The summed E-state index contributed by atoms with van der Waals surface area (Å²) in [6.45, 7) is 1.96. The molecular weight excluding hydrogens is 188 g/mol. The van der Waals surface area contributed by atoms with Gasteiger partial charge >= 0.3 is 0 Å². The van der Waals surface area contributed by atoms with E-state index in [0.29, 0.717) is 0 Å². The van der Waals surface area contributed by atoms with Crippen molar-refractivity contribution in [3.05, 3.63) is 48.3 Å². The number of hydrogen-bond donors (Lipinski definition) is 1. The second kappa shape index (κ2) is 4.28. The minimum absolute atomic E-state index is 0.364. The average molecular weight is 202 g/mol. The molecule has 1 N–H and O–H groups in total. The van der Waals surface area contributed by atoms with Crippen LogP contribution in [0.2, 0.25) is 0 Å². The molecule has 0 saturated heterocycles. The first-order valence-electron chi connectivity index (χ1n) is 5.09. The highest BCUT2D eigenvalue weighted by atomic mass is 16.3. The maximum absolute atomic E-state index is 9.63. The van der Waals surface area contributed by atoms with Gasteiger partial charge in [0.15, 0.2) is 0 Å². The molecule has 2 rings (SSSR count). The van der Waals surface area contributed by atoms with Crippen molar-refractivity contribution in [2.75, 3.05) is 0 Å². The summed E-state index contributed by atoms with van der Waals surface area (Å²) in [4.78, 5) is 0. The number of benzene rings is 1. The Morgan fingerprint density at radius 1 is 1.33 bits per heavy atom. The Labute approximate surface area is 89.0 Å². The lowest BCUT2D eigenvalue weighted by atomic mass is 10.1. The van der Waals surface area contributed by atoms with E-state index in [1.807, 2.05) is 43.5 Å². The summed E-state index contributed by atoms with van der Waals surface area (Å²) >= 11 is 0. The molecule has 0 unspecified atom stereocenters. The summed E-state index contributed by atoms with van der Waals surface area (Å²) in [6, 6.07) is 9.67. The summed E-state index contributed by atoms with van der Waals surface area (Å²) in [5, 5.41) is 13.8. The number of nitrogens with zero attached hydrogens (tertiary/aromatic N) is 2. The zero-order valence-electron chi connectivity index (χ0n) is 8.67. The Bertz CT molecular complexity index is 406. The van der Waals surface area contributed by atoms with Crippen molar-refractivity contribution in [2.45, 2.75) is 19.4 Å². The van der Waals surface area contributed by atoms with Crippen molar-refractivity contribution in [3.63, 3.8) is 0 Å². The van der Waals surface area contributed by atoms with Crippen LogP contribution in [0.1, 0.15) is 25.0 Å². The van der Waals surface area contributed by atoms with Gasteiger partial charge in [-0.1, -0.05) is 19.1 Å². The van der Waals surface area contributed by atoms with Gasteiger partial charge in [0.2, 0.25) is 0 Å². The van der Waals surface area contributed by atoms with E-state index in [1.165, 1.54) is 0 Å². The molecule has 1 aromatic carbocycles. The zero-order valence-corrected chi connectivity index (χ0v) is 8.67. The minimum atomic E-state index is -0.364. The molecule has 1 aromatic heterocycles. The van der Waals surface area contributed by atoms with Gasteiger partial charge in [-0.3, -0.25) is 0 Å². The van der Waals surface area contributed by atoms with Gasteiger partial charge in [0.25, 0.3) is 0 Å². The van der Waals surface area contributed by atoms with E-state index in [0.717, 1.165) is 17.7 Å². The van der Waals surface area contributed by atoms with Crippen LogP contribution < -0.4 is 0 Å². The lowest BCUT2D eigenvalue weighted by Gasteiger charge is -2.08. The normalized spacial score (nSPS) is 12.7. The highest BCUT2D eigenvalue weighted by Gasteiger charge is 2.04. The van der Waals surface area contributed by atoms with Crippen LogP contribution in [0.3, 0.4) is 0 Å². The number of aliphatic hydroxyl groups is 1. The fourth-order valence-corrected chi connectivity index (χ4v) is 1.51. The molecule has 0 bridgehead atoms. The van der Waals surface area contributed by atoms with Crippen LogP contribution in [0.15, 0.2) is 42.7 Å². The molecule has 0 aliphatic rings. The van der Waals surface area contributed by atoms with E-state index >= 15 is 0 Å². The summed E-state index contributed by atoms with van der Waals surface area (Å²) < 4.78 is 1.79. The van der Waals surface area contributed by atoms with Gasteiger partial charge in [0.1, 0.15) is 0 Å². The molecule has 0 aliphatic heterocycles. The van der Waals surface area contributed by atoms with E-state index in [4.69, 9.17) is 0 Å². The van der Waals surface area contributed by atoms with Gasteiger partial charge in [0.05, 0.1) is 11.8 Å². The molecule has 2 aromatic rings. The molecule has 0 aliphatic carbocycles. The molecule has 0 radical (unpaired) electrons. The Balaban J connectivity index is 2.25. The number of rotatable bonds is 3. The van der Waals surface area contributed by atoms with Gasteiger partial charge in [-0.05, 0) is 30.2 Å². The fraction of sp³-hybridized carbons (Fsp3) is 0.250. The van der Waals surface area contributed by atoms with Gasteiger partial charge in [-0.15, -0.1) is 0 Å². The summed E-state index contributed by atoms with van der Waals surface area (Å²) in [7, 11) is 0. The molecular formula is C12H14N2O. The van der Waals surface area contributed by atoms with E-state index in [9.17, 15) is 5.11 Å². The van der Waals surface area contributed by atoms with Crippen LogP contribution in [0.25, 0.3) is 5.69 Å². The molecule has 3 heteroatoms. The molecule has 0 fully saturated rings. The number of aromatic nitrogens is 2. The van der Waals surface area contributed by atoms with Crippen molar-refractivity contribution in [1.29, 1.82) is 0 Å². The minimum Gasteiger partial charge on any atom is -0.388 e. The molecule has 78 valence electrons. The number of aliphatic hydroxyl groups excluding tert-OH is 1. The first-order valence-corrected chi connectivity index (χ1v) is 5.09. The Morgan fingerprint density at radius 2 is 2.07 bits per heavy atom. The molecule has 1 heterocycles. The van der Waals surface area contributed by atoms with Crippen LogP contribution in [-0.2, 0) is 0 Å². The molecule has 0 amide bonds. The summed E-state index contributed by atoms with van der Waals surface area (Å²) in [6.07, 6.45) is 4.01. The van der Waals surface area contributed by atoms with Crippen LogP contribution >= 0.6 is 0 Å². The topological polar surface area (TPSA) is 38.0 Å². The van der Waals surface area contributed by atoms with E-state index in [1.54, 1.807) is 10.9 Å². The standard InChI is InChI=1S/C12H14N2O/c1-2-12(15)10-4-6-11(7-5-10)14-9-3-8-13-14/h3-9,12,15H,2H2,1H3/t12-/m1/s1. The number of hydrogen-bond acceptors (Lipinski definition) is 2. The van der Waals surface area contributed by atoms with Crippen LogP contribution in [0, 0.1) is 0 Å². The van der Waals surface area contributed by atoms with Crippen molar-refractivity contribution in [2.24, 2.45) is 0 Å². The highest BCUT2D eigenvalue weighted by molar-refractivity contribution is 5.34. The third kappa shape index (κ3) is 2.07. The lowest BCUT2D eigenvalue weighted by Crippen LogP contribution is -1.97. The summed E-state index contributed by atoms with van der Waals surface area (Å²) in [5.74, 6) is 0. The van der Waals surface area contributed by atoms with E-state index < -0.39 is 0 Å². The molecule has 15 heavy (non-hydrogen) atoms. The van der Waals surface area contributed by atoms with Gasteiger partial charge < -0.3 is 5.11 Å². The molecule has 0 spiro atoms. The Kier molecular flexibility index (Phi) is 2.83. The van der Waals surface area contributed by atoms with E-state index in [-0.39, 0.29) is 6.10 Å². The van der Waals surface area contributed by atoms with E-state index in [2.05, 4.69) is 5.10 Å². The van der Waals surface area contributed by atoms with Crippen molar-refractivity contribution in [1.82, 2.24) is 9.78 Å². The van der Waals surface area contributed by atoms with Crippen molar-refractivity contribution < 1.29 is 5.11 Å². The smallest absolute Gasteiger partial charge is 0.0787 e. The van der Waals surface area contributed by atoms with Crippen LogP contribution in [-0.4, -0.2) is 14.9 Å². The fourth-order valence-electron chi connectivity index (χ4n) is 1.51. The highest BCUT2D eigenvalue weighted by Crippen LogP contribution is 2.17. The maximum Gasteiger partial charge on any atom is 0.0787 e. The largest absolute Gasteiger partial charge is 0.388 e. The van der Waals surface area contributed by atoms with Gasteiger partial charge in [-0.2, -0.15) is 5.10 Å². The summed E-state index contributed by atoms with van der Waals surface area (Å²) in [5.41, 5.74) is 1.96. The Hall–Kier alpha value is -1.61. The predicted molar refractivity (Wildman–Crippen MR) is 58.8 cm³/mol. The average Bonchev–Trinajstić information content (AvgIpc) is 2.82. The first kappa shape index (κ1) is 9.93. The maximum atomic E-state index is 9.63. The predicted octanol–water partition coefficient (Wildman–Crippen LogP) is 2.32. The quantitative estimate of drug-likeness (QED) is 0.829. The van der Waals surface area contributed by atoms with Crippen molar-refractivity contribution in [3.8, 4) is 5.69 Å². The second-order valence-corrected chi connectivity index (χ2v) is 3.47. The van der Waals surface area contributed by atoms with Crippen molar-refractivity contribution >= 4 is 0 Å². The molecule has 3 nitrogen and oxygen atoms in total. The Morgan fingerprint density at radius 3 is 2.60 bits per heavy atom.